The molecule has 0 radical (unpaired) electrons. The molecule has 4 N–H and O–H groups in total. The van der Waals surface area contributed by atoms with Gasteiger partial charge in [0, 0.05) is 5.56 Å². The highest BCUT2D eigenvalue weighted by molar-refractivity contribution is 5.91. The van der Waals surface area contributed by atoms with Gasteiger partial charge in [0.15, 0.2) is 0 Å². The Morgan fingerprint density at radius 3 is 2.62 bits per heavy atom. The molecule has 0 amide bonds. The summed E-state index contributed by atoms with van der Waals surface area (Å²) in [4.78, 5) is 19.5. The summed E-state index contributed by atoms with van der Waals surface area (Å²) < 4.78 is 4.70. The Morgan fingerprint density at radius 2 is 2.00 bits per heavy atom. The molecule has 0 bridgehead atoms. The monoisotopic (exact) mass is 283 g/mol. The van der Waals surface area contributed by atoms with Crippen molar-refractivity contribution in [1.82, 2.24) is 9.97 Å². The number of hydrogen-bond donors (Lipinski definition) is 2. The average Bonchev–Trinajstić information content (AvgIpc) is 2.45. The summed E-state index contributed by atoms with van der Waals surface area (Å²) >= 11 is 0. The zero-order valence-corrected chi connectivity index (χ0v) is 11.5. The molecule has 0 saturated carbocycles. The maximum atomic E-state index is 11.7. The Labute approximate surface area is 121 Å². The largest absolute Gasteiger partial charge is 0.465 e. The SMILES string of the molecule is COC(=O)c1cc(C)cc(-c2nc(N)nc(N)c2C#N)c1. The lowest BCUT2D eigenvalue weighted by molar-refractivity contribution is 0.0600. The number of methoxy groups -OCH3 is 1. The van der Waals surface area contributed by atoms with E-state index in [1.54, 1.807) is 18.2 Å². The second-order valence-corrected chi connectivity index (χ2v) is 4.38. The van der Waals surface area contributed by atoms with E-state index in [1.807, 2.05) is 13.0 Å². The second-order valence-electron chi connectivity index (χ2n) is 4.38. The number of rotatable bonds is 2. The maximum absolute atomic E-state index is 11.7. The van der Waals surface area contributed by atoms with Crippen molar-refractivity contribution < 1.29 is 9.53 Å². The molecule has 0 saturated heterocycles. The average molecular weight is 283 g/mol. The lowest BCUT2D eigenvalue weighted by atomic mass is 10.0. The molecule has 106 valence electrons. The number of nitrogens with zero attached hydrogens (tertiary/aromatic N) is 3. The Balaban J connectivity index is 2.71. The van der Waals surface area contributed by atoms with Gasteiger partial charge in [-0.1, -0.05) is 0 Å². The van der Waals surface area contributed by atoms with Crippen molar-refractivity contribution >= 4 is 17.7 Å². The highest BCUT2D eigenvalue weighted by Crippen LogP contribution is 2.27. The van der Waals surface area contributed by atoms with Crippen LogP contribution in [0.25, 0.3) is 11.3 Å². The predicted octanol–water partition coefficient (Wildman–Crippen LogP) is 1.27. The Kier molecular flexibility index (Phi) is 3.71. The van der Waals surface area contributed by atoms with E-state index in [2.05, 4.69) is 9.97 Å². The molecule has 0 atom stereocenters. The van der Waals surface area contributed by atoms with Crippen LogP contribution in [0.5, 0.6) is 0 Å². The van der Waals surface area contributed by atoms with Gasteiger partial charge in [-0.15, -0.1) is 0 Å². The number of nitrogen functional groups attached to an aromatic ring is 2. The van der Waals surface area contributed by atoms with E-state index in [-0.39, 0.29) is 23.0 Å². The molecule has 0 aliphatic heterocycles. The van der Waals surface area contributed by atoms with Crippen molar-refractivity contribution in [3.8, 4) is 17.3 Å². The summed E-state index contributed by atoms with van der Waals surface area (Å²) in [6.07, 6.45) is 0. The minimum absolute atomic E-state index is 0.00104. The van der Waals surface area contributed by atoms with Crippen molar-refractivity contribution in [2.45, 2.75) is 6.92 Å². The molecule has 21 heavy (non-hydrogen) atoms. The van der Waals surface area contributed by atoms with Gasteiger partial charge < -0.3 is 16.2 Å². The summed E-state index contributed by atoms with van der Waals surface area (Å²) in [5.74, 6) is -0.516. The quantitative estimate of drug-likeness (QED) is 0.794. The van der Waals surface area contributed by atoms with Gasteiger partial charge in [0.25, 0.3) is 0 Å². The van der Waals surface area contributed by atoms with Crippen LogP contribution in [0.4, 0.5) is 11.8 Å². The highest BCUT2D eigenvalue weighted by Gasteiger charge is 2.16. The van der Waals surface area contributed by atoms with E-state index in [4.69, 9.17) is 16.2 Å². The normalized spacial score (nSPS) is 9.95. The van der Waals surface area contributed by atoms with Crippen LogP contribution in [-0.2, 0) is 4.74 Å². The van der Waals surface area contributed by atoms with Crippen LogP contribution in [0.2, 0.25) is 0 Å². The van der Waals surface area contributed by atoms with Crippen LogP contribution in [0.15, 0.2) is 18.2 Å². The van der Waals surface area contributed by atoms with Crippen molar-refractivity contribution in [3.05, 3.63) is 34.9 Å². The van der Waals surface area contributed by atoms with E-state index in [0.717, 1.165) is 5.56 Å². The van der Waals surface area contributed by atoms with Gasteiger partial charge in [-0.05, 0) is 30.7 Å². The minimum atomic E-state index is -0.478. The van der Waals surface area contributed by atoms with Gasteiger partial charge in [-0.3, -0.25) is 0 Å². The lowest BCUT2D eigenvalue weighted by Gasteiger charge is -2.09. The topological polar surface area (TPSA) is 128 Å². The first kappa shape index (κ1) is 14.3. The Bertz CT molecular complexity index is 765. The third kappa shape index (κ3) is 2.74. The zero-order chi connectivity index (χ0) is 15.6. The second kappa shape index (κ2) is 5.46. The fourth-order valence-electron chi connectivity index (χ4n) is 1.97. The number of ether oxygens (including phenoxy) is 1. The molecular formula is C14H13N5O2. The van der Waals surface area contributed by atoms with Crippen molar-refractivity contribution in [1.29, 1.82) is 5.26 Å². The van der Waals surface area contributed by atoms with Crippen LogP contribution < -0.4 is 11.5 Å². The van der Waals surface area contributed by atoms with Crippen LogP contribution in [0.1, 0.15) is 21.5 Å². The Hall–Kier alpha value is -3.14. The molecular weight excluding hydrogens is 270 g/mol. The molecule has 7 nitrogen and oxygen atoms in total. The number of benzene rings is 1. The van der Waals surface area contributed by atoms with E-state index >= 15 is 0 Å². The van der Waals surface area contributed by atoms with Gasteiger partial charge in [0.2, 0.25) is 5.95 Å². The predicted molar refractivity (Wildman–Crippen MR) is 77.1 cm³/mol. The molecule has 7 heteroatoms. The van der Waals surface area contributed by atoms with Crippen LogP contribution >= 0.6 is 0 Å². The first-order valence-corrected chi connectivity index (χ1v) is 5.99. The number of hydrogen-bond acceptors (Lipinski definition) is 7. The number of aromatic nitrogens is 2. The fraction of sp³-hybridized carbons (Fsp3) is 0.143. The summed E-state index contributed by atoms with van der Waals surface area (Å²) in [6.45, 7) is 1.82. The molecule has 1 aromatic heterocycles. The van der Waals surface area contributed by atoms with Gasteiger partial charge in [-0.25, -0.2) is 9.78 Å². The van der Waals surface area contributed by atoms with E-state index in [1.165, 1.54) is 7.11 Å². The van der Waals surface area contributed by atoms with E-state index in [9.17, 15) is 10.1 Å². The van der Waals surface area contributed by atoms with Crippen molar-refractivity contribution in [2.24, 2.45) is 0 Å². The molecule has 2 rings (SSSR count). The molecule has 2 aromatic rings. The number of esters is 1. The number of carbonyl (C=O) groups is 1. The summed E-state index contributed by atoms with van der Waals surface area (Å²) in [7, 11) is 1.30. The van der Waals surface area contributed by atoms with E-state index in [0.29, 0.717) is 11.1 Å². The van der Waals surface area contributed by atoms with Gasteiger partial charge in [0.05, 0.1) is 18.4 Å². The first-order valence-electron chi connectivity index (χ1n) is 5.99. The lowest BCUT2D eigenvalue weighted by Crippen LogP contribution is -2.06. The third-order valence-electron chi connectivity index (χ3n) is 2.84. The molecule has 0 fully saturated rings. The molecule has 0 unspecified atom stereocenters. The molecule has 0 spiro atoms. The molecule has 0 aliphatic rings. The number of anilines is 2. The van der Waals surface area contributed by atoms with Crippen LogP contribution in [0, 0.1) is 18.3 Å². The van der Waals surface area contributed by atoms with E-state index < -0.39 is 5.97 Å². The van der Waals surface area contributed by atoms with Gasteiger partial charge in [0.1, 0.15) is 17.5 Å². The zero-order valence-electron chi connectivity index (χ0n) is 11.5. The number of nitrogens with two attached hydrogens (primary N) is 2. The standard InChI is InChI=1S/C14H13N5O2/c1-7-3-8(5-9(4-7)13(20)21-2)11-10(6-15)12(16)19-14(17)18-11/h3-5H,1-2H3,(H4,16,17,18,19). The molecule has 1 heterocycles. The fourth-order valence-corrected chi connectivity index (χ4v) is 1.97. The minimum Gasteiger partial charge on any atom is -0.465 e. The summed E-state index contributed by atoms with van der Waals surface area (Å²) in [5, 5.41) is 9.20. The molecule has 0 aliphatic carbocycles. The van der Waals surface area contributed by atoms with Crippen LogP contribution in [-0.4, -0.2) is 23.0 Å². The Morgan fingerprint density at radius 1 is 1.29 bits per heavy atom. The highest BCUT2D eigenvalue weighted by atomic mass is 16.5. The summed E-state index contributed by atoms with van der Waals surface area (Å²) in [6, 6.07) is 6.97. The number of carbonyl (C=O) groups excluding carboxylic acids is 1. The number of aryl methyl sites for hydroxylation is 1. The van der Waals surface area contributed by atoms with Gasteiger partial charge in [-0.2, -0.15) is 10.2 Å². The maximum Gasteiger partial charge on any atom is 0.337 e. The van der Waals surface area contributed by atoms with Crippen molar-refractivity contribution in [3.63, 3.8) is 0 Å². The molecule has 1 aromatic carbocycles. The number of nitriles is 1. The summed E-state index contributed by atoms with van der Waals surface area (Å²) in [5.41, 5.74) is 13.4. The van der Waals surface area contributed by atoms with Crippen LogP contribution in [0.3, 0.4) is 0 Å². The first-order chi connectivity index (χ1) is 9.96. The third-order valence-corrected chi connectivity index (χ3v) is 2.84. The van der Waals surface area contributed by atoms with Crippen molar-refractivity contribution in [2.75, 3.05) is 18.6 Å². The smallest absolute Gasteiger partial charge is 0.337 e. The van der Waals surface area contributed by atoms with Gasteiger partial charge >= 0.3 is 5.97 Å².